The number of nitrogens with zero attached hydrogens (tertiary/aromatic N) is 2. The molecule has 5 heteroatoms. The molecule has 0 aliphatic heterocycles. The smallest absolute Gasteiger partial charge is 0.250 e. The van der Waals surface area contributed by atoms with Gasteiger partial charge in [-0.1, -0.05) is 6.07 Å². The number of pyridine rings is 1. The first-order chi connectivity index (χ1) is 8.11. The Bertz CT molecular complexity index is 412. The fourth-order valence-corrected chi connectivity index (χ4v) is 1.39. The highest BCUT2D eigenvalue weighted by molar-refractivity contribution is 5.75. The van der Waals surface area contributed by atoms with Gasteiger partial charge in [-0.25, -0.2) is 0 Å². The molecule has 0 spiro atoms. The second-order valence-electron chi connectivity index (χ2n) is 4.02. The number of amides is 1. The molecule has 1 rings (SSSR count). The number of carbonyl (C=O) groups is 1. The zero-order valence-corrected chi connectivity index (χ0v) is 10.3. The molecule has 1 heterocycles. The molecule has 0 aliphatic carbocycles. The van der Waals surface area contributed by atoms with E-state index in [4.69, 9.17) is 0 Å². The van der Waals surface area contributed by atoms with Crippen molar-refractivity contribution in [2.75, 3.05) is 27.2 Å². The maximum absolute atomic E-state index is 11.4. The number of nitrogens with one attached hydrogen (secondary N) is 1. The van der Waals surface area contributed by atoms with Crippen LogP contribution in [0.25, 0.3) is 0 Å². The fourth-order valence-electron chi connectivity index (χ4n) is 1.39. The summed E-state index contributed by atoms with van der Waals surface area (Å²) in [7, 11) is 3.48. The number of carbonyl (C=O) groups excluding carboxylic acids is 1. The van der Waals surface area contributed by atoms with Gasteiger partial charge in [0.1, 0.15) is 0 Å². The van der Waals surface area contributed by atoms with E-state index in [1.54, 1.807) is 35.8 Å². The van der Waals surface area contributed by atoms with Gasteiger partial charge in [-0.2, -0.15) is 0 Å². The number of hydrogen-bond donors (Lipinski definition) is 1. The number of hydrogen-bond acceptors (Lipinski definition) is 3. The molecule has 1 aromatic rings. The highest BCUT2D eigenvalue weighted by Crippen LogP contribution is 1.85. The van der Waals surface area contributed by atoms with Crippen molar-refractivity contribution >= 4 is 5.91 Å². The molecule has 0 aromatic carbocycles. The van der Waals surface area contributed by atoms with Crippen LogP contribution in [0.5, 0.6) is 0 Å². The third-order valence-electron chi connectivity index (χ3n) is 2.44. The molecule has 17 heavy (non-hydrogen) atoms. The summed E-state index contributed by atoms with van der Waals surface area (Å²) in [4.78, 5) is 24.2. The molecule has 0 fully saturated rings. The summed E-state index contributed by atoms with van der Waals surface area (Å²) in [5, 5.41) is 3.14. The molecule has 94 valence electrons. The van der Waals surface area contributed by atoms with Crippen LogP contribution in [0.15, 0.2) is 29.2 Å². The van der Waals surface area contributed by atoms with Gasteiger partial charge in [-0.15, -0.1) is 0 Å². The van der Waals surface area contributed by atoms with Crippen molar-refractivity contribution in [3.63, 3.8) is 0 Å². The molecule has 0 bridgehead atoms. The maximum Gasteiger partial charge on any atom is 0.250 e. The first-order valence-electron chi connectivity index (χ1n) is 5.67. The highest BCUT2D eigenvalue weighted by atomic mass is 16.2. The van der Waals surface area contributed by atoms with Gasteiger partial charge in [0.25, 0.3) is 5.56 Å². The highest BCUT2D eigenvalue weighted by Gasteiger charge is 2.02. The molecule has 0 atom stereocenters. The number of aromatic nitrogens is 1. The van der Waals surface area contributed by atoms with E-state index in [0.717, 1.165) is 0 Å². The molecule has 1 aromatic heterocycles. The zero-order valence-electron chi connectivity index (χ0n) is 10.3. The van der Waals surface area contributed by atoms with Crippen LogP contribution in [-0.4, -0.2) is 42.6 Å². The number of rotatable bonds is 6. The van der Waals surface area contributed by atoms with Crippen molar-refractivity contribution in [2.45, 2.75) is 13.0 Å². The molecule has 0 saturated carbocycles. The van der Waals surface area contributed by atoms with E-state index in [1.165, 1.54) is 6.07 Å². The van der Waals surface area contributed by atoms with Crippen molar-refractivity contribution in [1.82, 2.24) is 14.8 Å². The molecule has 0 aliphatic rings. The van der Waals surface area contributed by atoms with E-state index in [0.29, 0.717) is 26.1 Å². The summed E-state index contributed by atoms with van der Waals surface area (Å²) in [5.74, 6) is 0.106. The minimum absolute atomic E-state index is 0.00123. The maximum atomic E-state index is 11.4. The third-order valence-corrected chi connectivity index (χ3v) is 2.44. The molecular weight excluding hydrogens is 218 g/mol. The monoisotopic (exact) mass is 237 g/mol. The van der Waals surface area contributed by atoms with Crippen LogP contribution < -0.4 is 10.9 Å². The van der Waals surface area contributed by atoms with E-state index < -0.39 is 0 Å². The van der Waals surface area contributed by atoms with Gasteiger partial charge in [0.15, 0.2) is 0 Å². The SMILES string of the molecule is CN(C)C(=O)CCNCCn1ccccc1=O. The van der Waals surface area contributed by atoms with Crippen LogP contribution >= 0.6 is 0 Å². The van der Waals surface area contributed by atoms with Gasteiger partial charge < -0.3 is 14.8 Å². The topological polar surface area (TPSA) is 54.3 Å². The van der Waals surface area contributed by atoms with E-state index in [9.17, 15) is 9.59 Å². The summed E-state index contributed by atoms with van der Waals surface area (Å²) in [6.45, 7) is 1.94. The minimum atomic E-state index is -0.00123. The lowest BCUT2D eigenvalue weighted by atomic mass is 10.4. The molecule has 1 N–H and O–H groups in total. The van der Waals surface area contributed by atoms with Gasteiger partial charge >= 0.3 is 0 Å². The summed E-state index contributed by atoms with van der Waals surface area (Å²) in [5.41, 5.74) is -0.00123. The molecule has 0 unspecified atom stereocenters. The largest absolute Gasteiger partial charge is 0.349 e. The molecule has 1 amide bonds. The fraction of sp³-hybridized carbons (Fsp3) is 0.500. The van der Waals surface area contributed by atoms with Gasteiger partial charge in [-0.05, 0) is 6.07 Å². The van der Waals surface area contributed by atoms with Crippen molar-refractivity contribution in [1.29, 1.82) is 0 Å². The quantitative estimate of drug-likeness (QED) is 0.704. The second kappa shape index (κ2) is 6.85. The van der Waals surface area contributed by atoms with Crippen LogP contribution in [0.3, 0.4) is 0 Å². The van der Waals surface area contributed by atoms with Gasteiger partial charge in [0, 0.05) is 52.4 Å². The van der Waals surface area contributed by atoms with Crippen LogP contribution in [0, 0.1) is 0 Å². The van der Waals surface area contributed by atoms with E-state index in [1.807, 2.05) is 6.07 Å². The van der Waals surface area contributed by atoms with E-state index in [2.05, 4.69) is 5.32 Å². The summed E-state index contributed by atoms with van der Waals surface area (Å²) < 4.78 is 1.64. The standard InChI is InChI=1S/C12H19N3O2/c1-14(2)11(16)6-7-13-8-10-15-9-4-3-5-12(15)17/h3-5,9,13H,6-8,10H2,1-2H3. The molecule has 0 saturated heterocycles. The van der Waals surface area contributed by atoms with Gasteiger partial charge in [0.2, 0.25) is 5.91 Å². The Balaban J connectivity index is 2.19. The zero-order chi connectivity index (χ0) is 12.7. The first kappa shape index (κ1) is 13.4. The van der Waals surface area contributed by atoms with Crippen molar-refractivity contribution in [3.05, 3.63) is 34.7 Å². The van der Waals surface area contributed by atoms with Crippen LogP contribution in [-0.2, 0) is 11.3 Å². The Labute approximate surface area is 101 Å². The molecule has 5 nitrogen and oxygen atoms in total. The average molecular weight is 237 g/mol. The van der Waals surface area contributed by atoms with Crippen molar-refractivity contribution in [3.8, 4) is 0 Å². The van der Waals surface area contributed by atoms with Crippen LogP contribution in [0.1, 0.15) is 6.42 Å². The normalized spacial score (nSPS) is 10.2. The Hall–Kier alpha value is -1.62. The lowest BCUT2D eigenvalue weighted by Gasteiger charge is -2.10. The Morgan fingerprint density at radius 2 is 2.12 bits per heavy atom. The molecule has 0 radical (unpaired) electrons. The predicted octanol–water partition coefficient (Wildman–Crippen LogP) is -0.0838. The van der Waals surface area contributed by atoms with Crippen molar-refractivity contribution < 1.29 is 4.79 Å². The molecular formula is C12H19N3O2. The van der Waals surface area contributed by atoms with Crippen molar-refractivity contribution in [2.24, 2.45) is 0 Å². The summed E-state index contributed by atoms with van der Waals surface area (Å²) >= 11 is 0. The van der Waals surface area contributed by atoms with Gasteiger partial charge in [0.05, 0.1) is 0 Å². The Morgan fingerprint density at radius 1 is 1.35 bits per heavy atom. The Morgan fingerprint density at radius 3 is 2.76 bits per heavy atom. The second-order valence-corrected chi connectivity index (χ2v) is 4.02. The van der Waals surface area contributed by atoms with E-state index >= 15 is 0 Å². The lowest BCUT2D eigenvalue weighted by Crippen LogP contribution is -2.30. The lowest BCUT2D eigenvalue weighted by molar-refractivity contribution is -0.128. The summed E-state index contributed by atoms with van der Waals surface area (Å²) in [6, 6.07) is 5.09. The van der Waals surface area contributed by atoms with Crippen LogP contribution in [0.4, 0.5) is 0 Å². The predicted molar refractivity (Wildman–Crippen MR) is 66.9 cm³/mol. The first-order valence-corrected chi connectivity index (χ1v) is 5.67. The Kier molecular flexibility index (Phi) is 5.42. The van der Waals surface area contributed by atoms with Gasteiger partial charge in [-0.3, -0.25) is 9.59 Å². The third kappa shape index (κ3) is 4.82. The minimum Gasteiger partial charge on any atom is -0.349 e. The van der Waals surface area contributed by atoms with Crippen LogP contribution in [0.2, 0.25) is 0 Å². The summed E-state index contributed by atoms with van der Waals surface area (Å²) in [6.07, 6.45) is 2.24. The average Bonchev–Trinajstić information content (AvgIpc) is 2.30. The van der Waals surface area contributed by atoms with E-state index in [-0.39, 0.29) is 11.5 Å².